The highest BCUT2D eigenvalue weighted by molar-refractivity contribution is 5.96. The van der Waals surface area contributed by atoms with E-state index in [1.807, 2.05) is 0 Å². The van der Waals surface area contributed by atoms with Gasteiger partial charge in [-0.15, -0.1) is 0 Å². The van der Waals surface area contributed by atoms with Gasteiger partial charge in [0.05, 0.1) is 22.6 Å². The van der Waals surface area contributed by atoms with Crippen LogP contribution in [0, 0.1) is 10.1 Å². The van der Waals surface area contributed by atoms with Gasteiger partial charge in [0, 0.05) is 37.4 Å². The molecule has 1 heterocycles. The topological polar surface area (TPSA) is 130 Å². The summed E-state index contributed by atoms with van der Waals surface area (Å²) in [4.78, 5) is 39.2. The van der Waals surface area contributed by atoms with E-state index in [4.69, 9.17) is 4.74 Å². The normalized spacial score (nSPS) is 24.2. The molecule has 36 heavy (non-hydrogen) atoms. The highest BCUT2D eigenvalue weighted by atomic mass is 16.6. The summed E-state index contributed by atoms with van der Waals surface area (Å²) in [6, 6.07) is 14.0. The first-order valence-corrected chi connectivity index (χ1v) is 11.5. The average Bonchev–Trinajstić information content (AvgIpc) is 2.84. The second kappa shape index (κ2) is 10.3. The van der Waals surface area contributed by atoms with Gasteiger partial charge in [0.2, 0.25) is 0 Å². The van der Waals surface area contributed by atoms with Crippen molar-refractivity contribution in [3.05, 3.63) is 99.3 Å². The number of hydrogen-bond acceptors (Lipinski definition) is 6. The minimum absolute atomic E-state index is 0.139. The second-order valence-electron chi connectivity index (χ2n) is 8.86. The van der Waals surface area contributed by atoms with E-state index in [9.17, 15) is 29.9 Å². The van der Waals surface area contributed by atoms with E-state index >= 15 is 0 Å². The van der Waals surface area contributed by atoms with Crippen molar-refractivity contribution in [2.24, 2.45) is 0 Å². The van der Waals surface area contributed by atoms with E-state index in [1.165, 1.54) is 25.3 Å². The number of non-ortho nitro benzene ring substituents is 1. The van der Waals surface area contributed by atoms with E-state index in [2.05, 4.69) is 0 Å². The monoisotopic (exact) mass is 494 g/mol. The molecule has 0 saturated heterocycles. The van der Waals surface area contributed by atoms with E-state index in [1.54, 1.807) is 74.2 Å². The Morgan fingerprint density at radius 2 is 1.83 bits per heavy atom. The quantitative estimate of drug-likeness (QED) is 0.299. The van der Waals surface area contributed by atoms with Crippen LogP contribution in [0.15, 0.2) is 78.0 Å². The maximum atomic E-state index is 13.6. The van der Waals surface area contributed by atoms with Crippen LogP contribution in [0.2, 0.25) is 0 Å². The fraction of sp³-hybridized carbons (Fsp3) is 0.333. The summed E-state index contributed by atoms with van der Waals surface area (Å²) in [5.74, 6) is -3.80. The molecule has 2 aromatic carbocycles. The van der Waals surface area contributed by atoms with Gasteiger partial charge in [-0.3, -0.25) is 14.9 Å². The molecular weight excluding hydrogens is 464 g/mol. The van der Waals surface area contributed by atoms with Crippen LogP contribution in [0.3, 0.4) is 0 Å². The summed E-state index contributed by atoms with van der Waals surface area (Å²) in [6.45, 7) is 5.62. The van der Waals surface area contributed by atoms with E-state index < -0.39 is 33.7 Å². The molecule has 9 heteroatoms. The standard InChI is InChI=1S/C27H30N2O7/c1-5-14-26(3)27(25(32)33,20-11-7-6-8-12-20)23(19-10-9-13-21(17-19)29(34)35)22(24(30)31)18(2)28(26)15-16-36-4/h5-14,17,23H,15-16H2,1-4H3,(H,30,31)(H,32,33). The number of nitrogens with zero attached hydrogens (tertiary/aromatic N) is 2. The van der Waals surface area contributed by atoms with Crippen molar-refractivity contribution in [3.63, 3.8) is 0 Å². The van der Waals surface area contributed by atoms with Crippen LogP contribution in [0.1, 0.15) is 37.8 Å². The second-order valence-corrected chi connectivity index (χ2v) is 8.86. The SMILES string of the molecule is CC=CC1(C)N(CCOC)C(C)=C(C(=O)O)C(c2cccc([N+](=O)[O-])c2)C1(C(=O)O)c1ccccc1. The molecule has 1 aliphatic heterocycles. The Morgan fingerprint density at radius 3 is 2.36 bits per heavy atom. The molecular formula is C27H30N2O7. The predicted molar refractivity (Wildman–Crippen MR) is 134 cm³/mol. The van der Waals surface area contributed by atoms with Gasteiger partial charge in [-0.25, -0.2) is 4.79 Å². The summed E-state index contributed by atoms with van der Waals surface area (Å²) in [6.07, 6.45) is 3.50. The zero-order valence-corrected chi connectivity index (χ0v) is 20.7. The van der Waals surface area contributed by atoms with E-state index in [0.717, 1.165) is 0 Å². The molecule has 0 amide bonds. The highest BCUT2D eigenvalue weighted by Crippen LogP contribution is 2.58. The van der Waals surface area contributed by atoms with Crippen molar-refractivity contribution >= 4 is 17.6 Å². The Hall–Kier alpha value is -3.98. The van der Waals surface area contributed by atoms with Crippen molar-refractivity contribution in [2.75, 3.05) is 20.3 Å². The van der Waals surface area contributed by atoms with Crippen molar-refractivity contribution in [3.8, 4) is 0 Å². The van der Waals surface area contributed by atoms with Crippen LogP contribution >= 0.6 is 0 Å². The molecule has 0 saturated carbocycles. The maximum absolute atomic E-state index is 13.6. The lowest BCUT2D eigenvalue weighted by Gasteiger charge is -2.59. The number of carbonyl (C=O) groups is 2. The largest absolute Gasteiger partial charge is 0.480 e. The Bertz CT molecular complexity index is 1220. The van der Waals surface area contributed by atoms with Gasteiger partial charge in [-0.1, -0.05) is 54.6 Å². The van der Waals surface area contributed by atoms with Crippen molar-refractivity contribution in [1.82, 2.24) is 4.90 Å². The number of hydrogen-bond donors (Lipinski definition) is 2. The predicted octanol–water partition coefficient (Wildman–Crippen LogP) is 4.36. The van der Waals surface area contributed by atoms with Gasteiger partial charge in [0.25, 0.3) is 5.69 Å². The summed E-state index contributed by atoms with van der Waals surface area (Å²) < 4.78 is 5.29. The number of ether oxygens (including phenoxy) is 1. The van der Waals surface area contributed by atoms with E-state index in [-0.39, 0.29) is 30.0 Å². The van der Waals surface area contributed by atoms with Gasteiger partial charge in [-0.05, 0) is 31.9 Å². The fourth-order valence-corrected chi connectivity index (χ4v) is 5.69. The molecule has 0 aliphatic carbocycles. The van der Waals surface area contributed by atoms with Crippen LogP contribution in [0.4, 0.5) is 5.69 Å². The van der Waals surface area contributed by atoms with Crippen LogP contribution in [0.25, 0.3) is 0 Å². The minimum atomic E-state index is -1.88. The Labute approximate surface area is 209 Å². The van der Waals surface area contributed by atoms with Gasteiger partial charge >= 0.3 is 11.9 Å². The molecule has 3 unspecified atom stereocenters. The van der Waals surface area contributed by atoms with Crippen LogP contribution in [-0.2, 0) is 19.7 Å². The third-order valence-electron chi connectivity index (χ3n) is 7.10. The lowest BCUT2D eigenvalue weighted by Crippen LogP contribution is -2.68. The van der Waals surface area contributed by atoms with Crippen molar-refractivity contribution in [1.29, 1.82) is 0 Å². The Kier molecular flexibility index (Phi) is 7.64. The van der Waals surface area contributed by atoms with Gasteiger partial charge in [-0.2, -0.15) is 0 Å². The highest BCUT2D eigenvalue weighted by Gasteiger charge is 2.66. The number of rotatable bonds is 9. The molecule has 1 aliphatic rings. The fourth-order valence-electron chi connectivity index (χ4n) is 5.69. The summed E-state index contributed by atoms with van der Waals surface area (Å²) in [5.41, 5.74) is -2.58. The molecule has 9 nitrogen and oxygen atoms in total. The lowest BCUT2D eigenvalue weighted by atomic mass is 9.52. The number of allylic oxidation sites excluding steroid dienone is 2. The maximum Gasteiger partial charge on any atom is 0.334 e. The first-order chi connectivity index (χ1) is 17.1. The lowest BCUT2D eigenvalue weighted by molar-refractivity contribution is -0.384. The number of methoxy groups -OCH3 is 1. The molecule has 3 atom stereocenters. The summed E-state index contributed by atoms with van der Waals surface area (Å²) >= 11 is 0. The third-order valence-corrected chi connectivity index (χ3v) is 7.10. The number of carboxylic acid groups (broad SMARTS) is 2. The smallest absolute Gasteiger partial charge is 0.334 e. The molecule has 0 fully saturated rings. The molecule has 0 aromatic heterocycles. The van der Waals surface area contributed by atoms with Crippen LogP contribution in [0.5, 0.6) is 0 Å². The van der Waals surface area contributed by atoms with Crippen molar-refractivity contribution < 1.29 is 29.5 Å². The Balaban J connectivity index is 2.60. The molecule has 0 bridgehead atoms. The number of carboxylic acids is 2. The zero-order chi connectivity index (χ0) is 26.7. The number of nitro benzene ring substituents is 1. The number of nitro groups is 1. The zero-order valence-electron chi connectivity index (χ0n) is 20.7. The molecule has 2 N–H and O–H groups in total. The summed E-state index contributed by atoms with van der Waals surface area (Å²) in [5, 5.41) is 33.2. The molecule has 0 radical (unpaired) electrons. The third kappa shape index (κ3) is 4.05. The molecule has 2 aromatic rings. The average molecular weight is 495 g/mol. The van der Waals surface area contributed by atoms with Crippen molar-refractivity contribution in [2.45, 2.75) is 37.6 Å². The molecule has 3 rings (SSSR count). The van der Waals surface area contributed by atoms with Crippen LogP contribution < -0.4 is 0 Å². The van der Waals surface area contributed by atoms with Gasteiger partial charge < -0.3 is 19.8 Å². The van der Waals surface area contributed by atoms with Gasteiger partial charge in [0.15, 0.2) is 0 Å². The van der Waals surface area contributed by atoms with Gasteiger partial charge in [0.1, 0.15) is 5.41 Å². The van der Waals surface area contributed by atoms with E-state index in [0.29, 0.717) is 11.3 Å². The van der Waals surface area contributed by atoms with Crippen LogP contribution in [-0.4, -0.2) is 57.8 Å². The number of aliphatic carboxylic acids is 2. The Morgan fingerprint density at radius 1 is 1.17 bits per heavy atom. The first kappa shape index (κ1) is 26.6. The molecule has 0 spiro atoms. The first-order valence-electron chi connectivity index (χ1n) is 11.5. The molecule has 190 valence electrons. The number of benzene rings is 2. The minimum Gasteiger partial charge on any atom is -0.480 e. The summed E-state index contributed by atoms with van der Waals surface area (Å²) in [7, 11) is 1.52.